The number of likely N-dealkylation sites (tertiary alicyclic amines) is 2. The number of aromatic nitrogens is 2. The molecule has 1 aromatic heterocycles. The second-order valence-electron chi connectivity index (χ2n) is 7.92. The molecular formula is C20H30N4O2. The minimum Gasteiger partial charge on any atom is -0.342 e. The molecule has 2 fully saturated rings. The molecular weight excluding hydrogens is 328 g/mol. The van der Waals surface area contributed by atoms with E-state index in [4.69, 9.17) is 0 Å². The van der Waals surface area contributed by atoms with Gasteiger partial charge in [0, 0.05) is 44.1 Å². The SMILES string of the molecule is CCCCC(=O)N1CCC[C@@]2(CCC(=O)N(Cc3cnc(C)cn3)C2)C1. The lowest BCUT2D eigenvalue weighted by atomic mass is 9.73. The Bertz CT molecular complexity index is 646. The number of hydrogen-bond acceptors (Lipinski definition) is 4. The Morgan fingerprint density at radius 2 is 2.08 bits per heavy atom. The first-order chi connectivity index (χ1) is 12.5. The second-order valence-corrected chi connectivity index (χ2v) is 7.92. The molecule has 0 saturated carbocycles. The summed E-state index contributed by atoms with van der Waals surface area (Å²) in [6, 6.07) is 0. The van der Waals surface area contributed by atoms with Crippen molar-refractivity contribution in [2.45, 2.75) is 65.3 Å². The third-order valence-corrected chi connectivity index (χ3v) is 5.69. The van der Waals surface area contributed by atoms with Crippen LogP contribution in [-0.2, 0) is 16.1 Å². The molecule has 26 heavy (non-hydrogen) atoms. The van der Waals surface area contributed by atoms with Crippen LogP contribution in [0.5, 0.6) is 0 Å². The zero-order valence-electron chi connectivity index (χ0n) is 16.0. The number of carbonyl (C=O) groups excluding carboxylic acids is 2. The first-order valence-corrected chi connectivity index (χ1v) is 9.84. The summed E-state index contributed by atoms with van der Waals surface area (Å²) in [7, 11) is 0. The molecule has 0 aromatic carbocycles. The average Bonchev–Trinajstić information content (AvgIpc) is 2.65. The van der Waals surface area contributed by atoms with Gasteiger partial charge in [0.05, 0.1) is 24.1 Å². The highest BCUT2D eigenvalue weighted by Crippen LogP contribution is 2.39. The van der Waals surface area contributed by atoms with Gasteiger partial charge in [0.2, 0.25) is 11.8 Å². The molecule has 3 heterocycles. The molecule has 2 saturated heterocycles. The Balaban J connectivity index is 1.66. The quantitative estimate of drug-likeness (QED) is 0.812. The van der Waals surface area contributed by atoms with Crippen LogP contribution in [0.1, 0.15) is 63.3 Å². The topological polar surface area (TPSA) is 66.4 Å². The van der Waals surface area contributed by atoms with Crippen LogP contribution in [-0.4, -0.2) is 51.2 Å². The van der Waals surface area contributed by atoms with E-state index >= 15 is 0 Å². The van der Waals surface area contributed by atoms with Crippen molar-refractivity contribution in [1.82, 2.24) is 19.8 Å². The fraction of sp³-hybridized carbons (Fsp3) is 0.700. The summed E-state index contributed by atoms with van der Waals surface area (Å²) >= 11 is 0. The number of rotatable bonds is 5. The molecule has 0 aliphatic carbocycles. The van der Waals surface area contributed by atoms with Crippen molar-refractivity contribution >= 4 is 11.8 Å². The van der Waals surface area contributed by atoms with Gasteiger partial charge in [-0.15, -0.1) is 0 Å². The van der Waals surface area contributed by atoms with Gasteiger partial charge in [0.25, 0.3) is 0 Å². The molecule has 3 rings (SSSR count). The largest absolute Gasteiger partial charge is 0.342 e. The maximum absolute atomic E-state index is 12.5. The van der Waals surface area contributed by atoms with Gasteiger partial charge < -0.3 is 9.80 Å². The summed E-state index contributed by atoms with van der Waals surface area (Å²) in [5.41, 5.74) is 1.75. The standard InChI is InChI=1S/C20H30N4O2/c1-3-4-6-18(25)23-10-5-8-20(14-23)9-7-19(26)24(15-20)13-17-12-21-16(2)11-22-17/h11-12H,3-10,13-15H2,1-2H3/t20-/m1/s1. The fourth-order valence-electron chi connectivity index (χ4n) is 4.18. The van der Waals surface area contributed by atoms with Crippen LogP contribution >= 0.6 is 0 Å². The van der Waals surface area contributed by atoms with Gasteiger partial charge in [0.15, 0.2) is 0 Å². The molecule has 0 bridgehead atoms. The number of unbranched alkanes of at least 4 members (excludes halogenated alkanes) is 1. The molecule has 6 nitrogen and oxygen atoms in total. The van der Waals surface area contributed by atoms with Crippen molar-refractivity contribution in [2.24, 2.45) is 5.41 Å². The maximum Gasteiger partial charge on any atom is 0.222 e. The van der Waals surface area contributed by atoms with Crippen LogP contribution < -0.4 is 0 Å². The fourth-order valence-corrected chi connectivity index (χ4v) is 4.18. The second kappa shape index (κ2) is 8.14. The monoisotopic (exact) mass is 358 g/mol. The normalized spacial score (nSPS) is 23.5. The van der Waals surface area contributed by atoms with Crippen molar-refractivity contribution in [2.75, 3.05) is 19.6 Å². The van der Waals surface area contributed by atoms with Crippen LogP contribution in [0.25, 0.3) is 0 Å². The van der Waals surface area contributed by atoms with Crippen LogP contribution in [0.3, 0.4) is 0 Å². The number of aryl methyl sites for hydroxylation is 1. The molecule has 0 radical (unpaired) electrons. The van der Waals surface area contributed by atoms with Gasteiger partial charge in [-0.1, -0.05) is 13.3 Å². The molecule has 0 unspecified atom stereocenters. The Morgan fingerprint density at radius 3 is 2.81 bits per heavy atom. The Hall–Kier alpha value is -1.98. The van der Waals surface area contributed by atoms with E-state index in [1.54, 1.807) is 12.4 Å². The van der Waals surface area contributed by atoms with Gasteiger partial charge >= 0.3 is 0 Å². The van der Waals surface area contributed by atoms with Gasteiger partial charge in [-0.25, -0.2) is 0 Å². The van der Waals surface area contributed by atoms with Crippen LogP contribution in [0.15, 0.2) is 12.4 Å². The molecule has 6 heteroatoms. The third kappa shape index (κ3) is 4.40. The van der Waals surface area contributed by atoms with Crippen LogP contribution in [0.4, 0.5) is 0 Å². The first kappa shape index (κ1) is 18.8. The minimum atomic E-state index is 0.0478. The number of carbonyl (C=O) groups is 2. The predicted molar refractivity (Wildman–Crippen MR) is 99.2 cm³/mol. The van der Waals surface area contributed by atoms with Crippen LogP contribution in [0, 0.1) is 12.3 Å². The number of piperidine rings is 2. The van der Waals surface area contributed by atoms with Crippen LogP contribution in [0.2, 0.25) is 0 Å². The number of nitrogens with zero attached hydrogens (tertiary/aromatic N) is 4. The molecule has 1 spiro atoms. The Labute approximate surface area is 156 Å². The zero-order chi connectivity index (χ0) is 18.6. The van der Waals surface area contributed by atoms with E-state index in [1.165, 1.54) is 0 Å². The van der Waals surface area contributed by atoms with Crippen molar-refractivity contribution in [3.05, 3.63) is 23.8 Å². The predicted octanol–water partition coefficient (Wildman–Crippen LogP) is 2.71. The summed E-state index contributed by atoms with van der Waals surface area (Å²) in [5, 5.41) is 0. The lowest BCUT2D eigenvalue weighted by molar-refractivity contribution is -0.143. The Morgan fingerprint density at radius 1 is 1.23 bits per heavy atom. The van der Waals surface area contributed by atoms with E-state index in [9.17, 15) is 9.59 Å². The molecule has 1 aromatic rings. The van der Waals surface area contributed by atoms with E-state index < -0.39 is 0 Å². The number of hydrogen-bond donors (Lipinski definition) is 0. The van der Waals surface area contributed by atoms with Gasteiger partial charge in [-0.05, 0) is 32.6 Å². The van der Waals surface area contributed by atoms with E-state index in [0.29, 0.717) is 19.4 Å². The van der Waals surface area contributed by atoms with Crippen molar-refractivity contribution < 1.29 is 9.59 Å². The van der Waals surface area contributed by atoms with E-state index in [-0.39, 0.29) is 17.2 Å². The summed E-state index contributed by atoms with van der Waals surface area (Å²) in [5.74, 6) is 0.464. The molecule has 142 valence electrons. The lowest BCUT2D eigenvalue weighted by Crippen LogP contribution is -2.54. The van der Waals surface area contributed by atoms with Gasteiger partial charge in [0.1, 0.15) is 0 Å². The Kier molecular flexibility index (Phi) is 5.89. The van der Waals surface area contributed by atoms with Crippen molar-refractivity contribution in [1.29, 1.82) is 0 Å². The third-order valence-electron chi connectivity index (χ3n) is 5.69. The van der Waals surface area contributed by atoms with Gasteiger partial charge in [-0.3, -0.25) is 19.6 Å². The minimum absolute atomic E-state index is 0.0478. The summed E-state index contributed by atoms with van der Waals surface area (Å²) < 4.78 is 0. The number of amides is 2. The van der Waals surface area contributed by atoms with Crippen molar-refractivity contribution in [3.63, 3.8) is 0 Å². The maximum atomic E-state index is 12.5. The molecule has 2 aliphatic heterocycles. The molecule has 2 aliphatic rings. The molecule has 0 N–H and O–H groups in total. The first-order valence-electron chi connectivity index (χ1n) is 9.84. The summed E-state index contributed by atoms with van der Waals surface area (Å²) in [4.78, 5) is 37.6. The highest BCUT2D eigenvalue weighted by molar-refractivity contribution is 5.78. The summed E-state index contributed by atoms with van der Waals surface area (Å²) in [6.07, 6.45) is 9.73. The molecule has 1 atom stereocenters. The van der Waals surface area contributed by atoms with E-state index in [1.807, 2.05) is 16.7 Å². The highest BCUT2D eigenvalue weighted by Gasteiger charge is 2.42. The van der Waals surface area contributed by atoms with E-state index in [2.05, 4.69) is 16.9 Å². The highest BCUT2D eigenvalue weighted by atomic mass is 16.2. The van der Waals surface area contributed by atoms with Gasteiger partial charge in [-0.2, -0.15) is 0 Å². The van der Waals surface area contributed by atoms with E-state index in [0.717, 1.165) is 63.1 Å². The molecule has 2 amide bonds. The average molecular weight is 358 g/mol. The smallest absolute Gasteiger partial charge is 0.222 e. The lowest BCUT2D eigenvalue weighted by Gasteiger charge is -2.48. The zero-order valence-corrected chi connectivity index (χ0v) is 16.0. The van der Waals surface area contributed by atoms with Crippen molar-refractivity contribution in [3.8, 4) is 0 Å². The summed E-state index contributed by atoms with van der Waals surface area (Å²) in [6.45, 7) is 6.91.